The number of rotatable bonds is 3. The standard InChI is InChI=1S/C13H17F2NO/c1-8-2-3-10(13(15)12(8)14)11(16)6-9-4-5-17-7-9/h2-3,9,11H,4-7,16H2,1H3. The molecule has 0 amide bonds. The van der Waals surface area contributed by atoms with E-state index < -0.39 is 17.7 Å². The molecule has 17 heavy (non-hydrogen) atoms. The average molecular weight is 241 g/mol. The Balaban J connectivity index is 2.13. The third kappa shape index (κ3) is 2.64. The fourth-order valence-electron chi connectivity index (χ4n) is 2.20. The summed E-state index contributed by atoms with van der Waals surface area (Å²) in [7, 11) is 0. The van der Waals surface area contributed by atoms with Gasteiger partial charge in [0, 0.05) is 24.8 Å². The van der Waals surface area contributed by atoms with Crippen molar-refractivity contribution in [3.63, 3.8) is 0 Å². The van der Waals surface area contributed by atoms with Crippen LogP contribution in [0.5, 0.6) is 0 Å². The molecule has 4 heteroatoms. The van der Waals surface area contributed by atoms with E-state index >= 15 is 0 Å². The summed E-state index contributed by atoms with van der Waals surface area (Å²) < 4.78 is 32.4. The number of ether oxygens (including phenoxy) is 1. The normalized spacial score (nSPS) is 21.8. The van der Waals surface area contributed by atoms with Crippen molar-refractivity contribution < 1.29 is 13.5 Å². The fraction of sp³-hybridized carbons (Fsp3) is 0.538. The van der Waals surface area contributed by atoms with Crippen molar-refractivity contribution >= 4 is 0 Å². The summed E-state index contributed by atoms with van der Waals surface area (Å²) >= 11 is 0. The minimum atomic E-state index is -0.809. The van der Waals surface area contributed by atoms with Crippen LogP contribution in [-0.2, 0) is 4.74 Å². The van der Waals surface area contributed by atoms with Gasteiger partial charge >= 0.3 is 0 Å². The number of halogens is 2. The maximum Gasteiger partial charge on any atom is 0.163 e. The molecule has 0 bridgehead atoms. The first-order valence-electron chi connectivity index (χ1n) is 5.87. The second-order valence-corrected chi connectivity index (χ2v) is 4.67. The zero-order valence-electron chi connectivity index (χ0n) is 9.88. The van der Waals surface area contributed by atoms with Crippen LogP contribution < -0.4 is 5.73 Å². The Morgan fingerprint density at radius 2 is 2.18 bits per heavy atom. The molecular weight excluding hydrogens is 224 g/mol. The van der Waals surface area contributed by atoms with Crippen LogP contribution in [0.4, 0.5) is 8.78 Å². The Labute approximate surface area is 99.8 Å². The highest BCUT2D eigenvalue weighted by molar-refractivity contribution is 5.27. The Morgan fingerprint density at radius 3 is 2.82 bits per heavy atom. The van der Waals surface area contributed by atoms with E-state index in [2.05, 4.69) is 0 Å². The predicted molar refractivity (Wildman–Crippen MR) is 61.6 cm³/mol. The molecule has 0 spiro atoms. The molecule has 2 N–H and O–H groups in total. The summed E-state index contributed by atoms with van der Waals surface area (Å²) in [6, 6.07) is 2.68. The van der Waals surface area contributed by atoms with Crippen molar-refractivity contribution in [1.29, 1.82) is 0 Å². The number of nitrogens with two attached hydrogens (primary N) is 1. The van der Waals surface area contributed by atoms with E-state index in [9.17, 15) is 8.78 Å². The summed E-state index contributed by atoms with van der Waals surface area (Å²) in [4.78, 5) is 0. The second kappa shape index (κ2) is 5.10. The van der Waals surface area contributed by atoms with Gasteiger partial charge in [0.2, 0.25) is 0 Å². The van der Waals surface area contributed by atoms with Crippen molar-refractivity contribution in [3.05, 3.63) is 34.9 Å². The van der Waals surface area contributed by atoms with E-state index in [0.29, 0.717) is 24.5 Å². The van der Waals surface area contributed by atoms with Crippen LogP contribution in [0.25, 0.3) is 0 Å². The zero-order chi connectivity index (χ0) is 12.4. The van der Waals surface area contributed by atoms with E-state index in [1.807, 2.05) is 0 Å². The molecule has 1 aromatic rings. The molecule has 1 heterocycles. The number of aryl methyl sites for hydroxylation is 1. The molecule has 1 saturated heterocycles. The Morgan fingerprint density at radius 1 is 1.41 bits per heavy atom. The monoisotopic (exact) mass is 241 g/mol. The Kier molecular flexibility index (Phi) is 3.74. The topological polar surface area (TPSA) is 35.2 Å². The van der Waals surface area contributed by atoms with Gasteiger partial charge in [0.15, 0.2) is 11.6 Å². The molecule has 1 fully saturated rings. The SMILES string of the molecule is Cc1ccc(C(N)CC2CCOC2)c(F)c1F. The number of hydrogen-bond donors (Lipinski definition) is 1. The van der Waals surface area contributed by atoms with Crippen molar-refractivity contribution in [2.45, 2.75) is 25.8 Å². The molecule has 94 valence electrons. The quantitative estimate of drug-likeness (QED) is 0.883. The van der Waals surface area contributed by atoms with Gasteiger partial charge in [-0.1, -0.05) is 12.1 Å². The van der Waals surface area contributed by atoms with E-state index in [4.69, 9.17) is 10.5 Å². The van der Waals surface area contributed by atoms with Crippen LogP contribution in [0, 0.1) is 24.5 Å². The average Bonchev–Trinajstić information content (AvgIpc) is 2.78. The summed E-state index contributed by atoms with van der Waals surface area (Å²) in [6.07, 6.45) is 1.59. The van der Waals surface area contributed by atoms with Crippen LogP contribution in [0.15, 0.2) is 12.1 Å². The zero-order valence-corrected chi connectivity index (χ0v) is 9.88. The molecule has 2 rings (SSSR count). The maximum atomic E-state index is 13.7. The highest BCUT2D eigenvalue weighted by atomic mass is 19.2. The highest BCUT2D eigenvalue weighted by Gasteiger charge is 2.22. The van der Waals surface area contributed by atoms with Crippen molar-refractivity contribution in [3.8, 4) is 0 Å². The minimum absolute atomic E-state index is 0.264. The van der Waals surface area contributed by atoms with Gasteiger partial charge in [-0.05, 0) is 31.2 Å². The van der Waals surface area contributed by atoms with Crippen LogP contribution in [-0.4, -0.2) is 13.2 Å². The lowest BCUT2D eigenvalue weighted by atomic mass is 9.94. The summed E-state index contributed by atoms with van der Waals surface area (Å²) in [5.74, 6) is -1.24. The van der Waals surface area contributed by atoms with Gasteiger partial charge in [-0.15, -0.1) is 0 Å². The smallest absolute Gasteiger partial charge is 0.163 e. The lowest BCUT2D eigenvalue weighted by Gasteiger charge is -2.17. The molecule has 2 unspecified atom stereocenters. The van der Waals surface area contributed by atoms with E-state index in [1.165, 1.54) is 0 Å². The fourth-order valence-corrected chi connectivity index (χ4v) is 2.20. The van der Waals surface area contributed by atoms with Gasteiger partial charge in [-0.2, -0.15) is 0 Å². The highest BCUT2D eigenvalue weighted by Crippen LogP contribution is 2.27. The van der Waals surface area contributed by atoms with E-state index in [0.717, 1.165) is 13.0 Å². The van der Waals surface area contributed by atoms with Gasteiger partial charge < -0.3 is 10.5 Å². The lowest BCUT2D eigenvalue weighted by molar-refractivity contribution is 0.182. The van der Waals surface area contributed by atoms with Gasteiger partial charge in [-0.25, -0.2) is 8.78 Å². The first kappa shape index (κ1) is 12.5. The van der Waals surface area contributed by atoms with Gasteiger partial charge in [-0.3, -0.25) is 0 Å². The van der Waals surface area contributed by atoms with E-state index in [1.54, 1.807) is 19.1 Å². The molecule has 2 nitrogen and oxygen atoms in total. The molecule has 1 aliphatic heterocycles. The van der Waals surface area contributed by atoms with Gasteiger partial charge in [0.05, 0.1) is 0 Å². The molecule has 0 radical (unpaired) electrons. The number of hydrogen-bond acceptors (Lipinski definition) is 2. The van der Waals surface area contributed by atoms with Crippen LogP contribution in [0.1, 0.15) is 30.0 Å². The predicted octanol–water partition coefficient (Wildman–Crippen LogP) is 2.70. The Bertz CT molecular complexity index is 403. The summed E-state index contributed by atoms with van der Waals surface area (Å²) in [5.41, 5.74) is 6.50. The molecule has 1 aromatic carbocycles. The van der Waals surface area contributed by atoms with Crippen LogP contribution in [0.2, 0.25) is 0 Å². The van der Waals surface area contributed by atoms with Gasteiger partial charge in [0.25, 0.3) is 0 Å². The largest absolute Gasteiger partial charge is 0.381 e. The molecular formula is C13H17F2NO. The van der Waals surface area contributed by atoms with Gasteiger partial charge in [0.1, 0.15) is 0 Å². The van der Waals surface area contributed by atoms with Crippen molar-refractivity contribution in [2.24, 2.45) is 11.7 Å². The lowest BCUT2D eigenvalue weighted by Crippen LogP contribution is -2.17. The maximum absolute atomic E-state index is 13.7. The molecule has 0 saturated carbocycles. The summed E-state index contributed by atoms with van der Waals surface area (Å²) in [5, 5.41) is 0. The number of benzene rings is 1. The first-order chi connectivity index (χ1) is 8.09. The minimum Gasteiger partial charge on any atom is -0.381 e. The van der Waals surface area contributed by atoms with Crippen molar-refractivity contribution in [2.75, 3.05) is 13.2 Å². The first-order valence-corrected chi connectivity index (χ1v) is 5.87. The van der Waals surface area contributed by atoms with Crippen molar-refractivity contribution in [1.82, 2.24) is 0 Å². The molecule has 2 atom stereocenters. The molecule has 1 aliphatic rings. The second-order valence-electron chi connectivity index (χ2n) is 4.67. The molecule has 0 aliphatic carbocycles. The Hall–Kier alpha value is -1.00. The third-order valence-electron chi connectivity index (χ3n) is 3.32. The van der Waals surface area contributed by atoms with E-state index in [-0.39, 0.29) is 5.56 Å². The molecule has 0 aromatic heterocycles. The third-order valence-corrected chi connectivity index (χ3v) is 3.32. The van der Waals surface area contributed by atoms with Crippen LogP contribution in [0.3, 0.4) is 0 Å². The van der Waals surface area contributed by atoms with Crippen LogP contribution >= 0.6 is 0 Å². The summed E-state index contributed by atoms with van der Waals surface area (Å²) in [6.45, 7) is 2.95.